The number of piperazine rings is 1. The quantitative estimate of drug-likeness (QED) is 0.889. The van der Waals surface area contributed by atoms with E-state index in [0.717, 1.165) is 12.6 Å². The normalized spacial score (nSPS) is 25.0. The summed E-state index contributed by atoms with van der Waals surface area (Å²) in [5.74, 6) is 0. The Hall–Kier alpha value is -0.380. The molecule has 1 aromatic rings. The minimum Gasteiger partial charge on any atom is -0.311 e. The van der Waals surface area contributed by atoms with Crippen LogP contribution in [0.25, 0.3) is 0 Å². The molecule has 0 spiro atoms. The molecule has 1 aliphatic rings. The van der Waals surface area contributed by atoms with Crippen LogP contribution in [0.15, 0.2) is 17.5 Å². The molecule has 114 valence electrons. The fourth-order valence-corrected chi connectivity index (χ4v) is 3.73. The van der Waals surface area contributed by atoms with E-state index in [1.54, 1.807) is 0 Å². The van der Waals surface area contributed by atoms with Crippen LogP contribution in [0.4, 0.5) is 0 Å². The van der Waals surface area contributed by atoms with Crippen molar-refractivity contribution in [1.82, 2.24) is 10.2 Å². The van der Waals surface area contributed by atoms with Crippen molar-refractivity contribution in [2.45, 2.75) is 59.0 Å². The zero-order valence-corrected chi connectivity index (χ0v) is 14.3. The van der Waals surface area contributed by atoms with Crippen LogP contribution in [0, 0.1) is 5.41 Å². The summed E-state index contributed by atoms with van der Waals surface area (Å²) in [4.78, 5) is 4.25. The van der Waals surface area contributed by atoms with E-state index in [4.69, 9.17) is 0 Å². The van der Waals surface area contributed by atoms with E-state index in [0.29, 0.717) is 11.5 Å². The topological polar surface area (TPSA) is 15.3 Å². The molecule has 2 rings (SSSR count). The van der Waals surface area contributed by atoms with Gasteiger partial charge in [0.1, 0.15) is 0 Å². The number of hydrogen-bond acceptors (Lipinski definition) is 3. The summed E-state index contributed by atoms with van der Waals surface area (Å²) in [5, 5.41) is 5.97. The second-order valence-electron chi connectivity index (χ2n) is 7.09. The first-order valence-electron chi connectivity index (χ1n) is 8.00. The average Bonchev–Trinajstić information content (AvgIpc) is 2.89. The van der Waals surface area contributed by atoms with E-state index < -0.39 is 0 Å². The van der Waals surface area contributed by atoms with Gasteiger partial charge in [-0.25, -0.2) is 0 Å². The molecule has 2 atom stereocenters. The standard InChI is InChI=1S/C17H30N2S/c1-5-7-14-12-18-16(17(2,3)4)13-19(14)10-9-15-8-6-11-20-15/h6,8,11,14,16,18H,5,7,9-10,12-13H2,1-4H3. The first-order chi connectivity index (χ1) is 9.50. The molecule has 2 unspecified atom stereocenters. The SMILES string of the molecule is CCCC1CNC(C(C)(C)C)CN1CCc1cccs1. The molecule has 1 aliphatic heterocycles. The van der Waals surface area contributed by atoms with Crippen molar-refractivity contribution in [3.8, 4) is 0 Å². The van der Waals surface area contributed by atoms with E-state index >= 15 is 0 Å². The molecule has 0 aromatic carbocycles. The van der Waals surface area contributed by atoms with Crippen molar-refractivity contribution in [2.24, 2.45) is 5.41 Å². The van der Waals surface area contributed by atoms with Crippen LogP contribution < -0.4 is 5.32 Å². The molecule has 0 bridgehead atoms. The fraction of sp³-hybridized carbons (Fsp3) is 0.765. The number of hydrogen-bond donors (Lipinski definition) is 1. The lowest BCUT2D eigenvalue weighted by atomic mass is 9.84. The van der Waals surface area contributed by atoms with Gasteiger partial charge in [-0.3, -0.25) is 4.90 Å². The maximum atomic E-state index is 3.78. The van der Waals surface area contributed by atoms with Crippen LogP contribution in [0.3, 0.4) is 0 Å². The molecular formula is C17H30N2S. The summed E-state index contributed by atoms with van der Waals surface area (Å²) in [6.07, 6.45) is 3.80. The second-order valence-corrected chi connectivity index (χ2v) is 8.13. The lowest BCUT2D eigenvalue weighted by Crippen LogP contribution is -2.60. The second kappa shape index (κ2) is 7.06. The Bertz CT molecular complexity index is 380. The van der Waals surface area contributed by atoms with Crippen molar-refractivity contribution < 1.29 is 0 Å². The molecule has 20 heavy (non-hydrogen) atoms. The van der Waals surface area contributed by atoms with Crippen molar-refractivity contribution in [1.29, 1.82) is 0 Å². The van der Waals surface area contributed by atoms with E-state index in [2.05, 4.69) is 55.4 Å². The number of nitrogens with zero attached hydrogens (tertiary/aromatic N) is 1. The molecule has 0 radical (unpaired) electrons. The molecule has 1 saturated heterocycles. The van der Waals surface area contributed by atoms with Crippen LogP contribution in [0.2, 0.25) is 0 Å². The van der Waals surface area contributed by atoms with Gasteiger partial charge in [0.25, 0.3) is 0 Å². The Morgan fingerprint density at radius 2 is 2.20 bits per heavy atom. The molecule has 1 N–H and O–H groups in total. The predicted molar refractivity (Wildman–Crippen MR) is 89.5 cm³/mol. The van der Waals surface area contributed by atoms with Gasteiger partial charge in [-0.1, -0.05) is 40.2 Å². The van der Waals surface area contributed by atoms with Crippen molar-refractivity contribution in [3.05, 3.63) is 22.4 Å². The largest absolute Gasteiger partial charge is 0.311 e. The maximum Gasteiger partial charge on any atom is 0.0244 e. The van der Waals surface area contributed by atoms with Gasteiger partial charge >= 0.3 is 0 Å². The molecule has 0 amide bonds. The van der Waals surface area contributed by atoms with Crippen LogP contribution in [0.1, 0.15) is 45.4 Å². The summed E-state index contributed by atoms with van der Waals surface area (Å²) in [5.41, 5.74) is 0.346. The maximum absolute atomic E-state index is 3.78. The average molecular weight is 295 g/mol. The summed E-state index contributed by atoms with van der Waals surface area (Å²) < 4.78 is 0. The van der Waals surface area contributed by atoms with Crippen LogP contribution in [-0.4, -0.2) is 36.6 Å². The highest BCUT2D eigenvalue weighted by Crippen LogP contribution is 2.25. The molecule has 2 nitrogen and oxygen atoms in total. The molecule has 0 saturated carbocycles. The Morgan fingerprint density at radius 3 is 2.80 bits per heavy atom. The predicted octanol–water partition coefficient (Wildman–Crippen LogP) is 3.78. The molecule has 1 fully saturated rings. The Labute approximate surface area is 128 Å². The van der Waals surface area contributed by atoms with E-state index in [-0.39, 0.29) is 0 Å². The third-order valence-electron chi connectivity index (χ3n) is 4.43. The minimum absolute atomic E-state index is 0.346. The molecule has 1 aromatic heterocycles. The Morgan fingerprint density at radius 1 is 1.40 bits per heavy atom. The van der Waals surface area contributed by atoms with Gasteiger partial charge < -0.3 is 5.32 Å². The summed E-state index contributed by atoms with van der Waals surface area (Å²) in [7, 11) is 0. The number of nitrogens with one attached hydrogen (secondary N) is 1. The van der Waals surface area contributed by atoms with Crippen molar-refractivity contribution >= 4 is 11.3 Å². The Balaban J connectivity index is 1.95. The highest BCUT2D eigenvalue weighted by Gasteiger charge is 2.33. The monoisotopic (exact) mass is 294 g/mol. The molecule has 0 aliphatic carbocycles. The lowest BCUT2D eigenvalue weighted by molar-refractivity contribution is 0.0820. The van der Waals surface area contributed by atoms with Gasteiger partial charge in [-0.05, 0) is 29.7 Å². The highest BCUT2D eigenvalue weighted by atomic mass is 32.1. The van der Waals surface area contributed by atoms with Gasteiger partial charge in [-0.2, -0.15) is 0 Å². The first-order valence-corrected chi connectivity index (χ1v) is 8.88. The van der Waals surface area contributed by atoms with Crippen molar-refractivity contribution in [2.75, 3.05) is 19.6 Å². The summed E-state index contributed by atoms with van der Waals surface area (Å²) in [6.45, 7) is 12.9. The highest BCUT2D eigenvalue weighted by molar-refractivity contribution is 7.09. The lowest BCUT2D eigenvalue weighted by Gasteiger charge is -2.45. The van der Waals surface area contributed by atoms with Gasteiger partial charge in [0.2, 0.25) is 0 Å². The van der Waals surface area contributed by atoms with Crippen LogP contribution in [0.5, 0.6) is 0 Å². The summed E-state index contributed by atoms with van der Waals surface area (Å²) in [6, 6.07) is 5.76. The molecule has 3 heteroatoms. The zero-order valence-electron chi connectivity index (χ0n) is 13.5. The fourth-order valence-electron chi connectivity index (χ4n) is 3.04. The third-order valence-corrected chi connectivity index (χ3v) is 5.36. The smallest absolute Gasteiger partial charge is 0.0244 e. The van der Waals surface area contributed by atoms with E-state index in [9.17, 15) is 0 Å². The summed E-state index contributed by atoms with van der Waals surface area (Å²) >= 11 is 1.89. The zero-order chi connectivity index (χ0) is 14.6. The molecule has 2 heterocycles. The van der Waals surface area contributed by atoms with Crippen LogP contribution >= 0.6 is 11.3 Å². The van der Waals surface area contributed by atoms with E-state index in [1.807, 2.05) is 11.3 Å². The number of rotatable bonds is 5. The third kappa shape index (κ3) is 4.31. The van der Waals surface area contributed by atoms with Gasteiger partial charge in [0.15, 0.2) is 0 Å². The van der Waals surface area contributed by atoms with Gasteiger partial charge in [0, 0.05) is 36.6 Å². The first kappa shape index (κ1) is 16.0. The van der Waals surface area contributed by atoms with Gasteiger partial charge in [-0.15, -0.1) is 11.3 Å². The minimum atomic E-state index is 0.346. The molecular weight excluding hydrogens is 264 g/mol. The van der Waals surface area contributed by atoms with Crippen molar-refractivity contribution in [3.63, 3.8) is 0 Å². The van der Waals surface area contributed by atoms with Crippen LogP contribution in [-0.2, 0) is 6.42 Å². The van der Waals surface area contributed by atoms with E-state index in [1.165, 1.54) is 37.2 Å². The Kier molecular flexibility index (Phi) is 5.65. The number of thiophene rings is 1. The van der Waals surface area contributed by atoms with Gasteiger partial charge in [0.05, 0.1) is 0 Å².